The summed E-state index contributed by atoms with van der Waals surface area (Å²) in [5, 5.41) is 9.39. The van der Waals surface area contributed by atoms with Crippen molar-refractivity contribution in [1.82, 2.24) is 10.6 Å². The summed E-state index contributed by atoms with van der Waals surface area (Å²) in [5.41, 5.74) is 3.14. The van der Waals surface area contributed by atoms with E-state index in [1.807, 2.05) is 55.5 Å². The van der Waals surface area contributed by atoms with Crippen molar-refractivity contribution in [3.63, 3.8) is 0 Å². The number of guanidine groups is 1. The molecule has 2 rings (SSSR count). The van der Waals surface area contributed by atoms with Crippen LogP contribution in [0, 0.1) is 6.92 Å². The van der Waals surface area contributed by atoms with Crippen LogP contribution in [0.3, 0.4) is 0 Å². The third-order valence-electron chi connectivity index (χ3n) is 4.08. The summed E-state index contributed by atoms with van der Waals surface area (Å²) < 4.78 is 5.70. The van der Waals surface area contributed by atoms with Crippen molar-refractivity contribution in [3.05, 3.63) is 59.7 Å². The second-order valence-corrected chi connectivity index (χ2v) is 6.51. The number of nitrogens with one attached hydrogen (secondary N) is 3. The highest BCUT2D eigenvalue weighted by molar-refractivity contribution is 14.0. The van der Waals surface area contributed by atoms with Crippen molar-refractivity contribution in [3.8, 4) is 5.75 Å². The Morgan fingerprint density at radius 3 is 2.34 bits per heavy atom. The van der Waals surface area contributed by atoms with E-state index < -0.39 is 0 Å². The molecule has 0 saturated carbocycles. The predicted molar refractivity (Wildman–Crippen MR) is 130 cm³/mol. The van der Waals surface area contributed by atoms with Gasteiger partial charge in [-0.25, -0.2) is 0 Å². The molecule has 0 bridgehead atoms. The number of benzene rings is 2. The van der Waals surface area contributed by atoms with E-state index in [-0.39, 0.29) is 29.9 Å². The van der Waals surface area contributed by atoms with E-state index in [0.29, 0.717) is 32.1 Å². The molecule has 0 aromatic heterocycles. The van der Waals surface area contributed by atoms with Gasteiger partial charge in [-0.2, -0.15) is 0 Å². The first-order chi connectivity index (χ1) is 13.6. The van der Waals surface area contributed by atoms with E-state index in [0.717, 1.165) is 23.4 Å². The fourth-order valence-corrected chi connectivity index (χ4v) is 2.54. The van der Waals surface area contributed by atoms with E-state index in [1.165, 1.54) is 5.56 Å². The average molecular weight is 510 g/mol. The van der Waals surface area contributed by atoms with Gasteiger partial charge in [-0.15, -0.1) is 24.0 Å². The molecule has 0 heterocycles. The van der Waals surface area contributed by atoms with Gasteiger partial charge in [0, 0.05) is 25.7 Å². The number of ether oxygens (including phenoxy) is 1. The molecule has 2 aromatic carbocycles. The van der Waals surface area contributed by atoms with Crippen LogP contribution < -0.4 is 20.7 Å². The van der Waals surface area contributed by atoms with Crippen molar-refractivity contribution in [2.75, 3.05) is 25.5 Å². The van der Waals surface area contributed by atoms with Gasteiger partial charge in [0.2, 0.25) is 5.91 Å². The van der Waals surface area contributed by atoms with Crippen LogP contribution in [0.15, 0.2) is 53.5 Å². The van der Waals surface area contributed by atoms with E-state index in [1.54, 1.807) is 7.05 Å². The summed E-state index contributed by atoms with van der Waals surface area (Å²) in [5.74, 6) is 1.63. The van der Waals surface area contributed by atoms with Gasteiger partial charge >= 0.3 is 0 Å². The molecular weight excluding hydrogens is 479 g/mol. The molecular formula is C22H31IN4O2. The van der Waals surface area contributed by atoms with Gasteiger partial charge in [0.15, 0.2) is 5.96 Å². The Kier molecular flexibility index (Phi) is 11.8. The number of halogens is 1. The van der Waals surface area contributed by atoms with Gasteiger partial charge in [-0.05, 0) is 43.2 Å². The second kappa shape index (κ2) is 13.8. The highest BCUT2D eigenvalue weighted by Gasteiger charge is 2.02. The zero-order valence-electron chi connectivity index (χ0n) is 17.3. The Balaban J connectivity index is 0.00000420. The summed E-state index contributed by atoms with van der Waals surface area (Å²) in [6.07, 6.45) is 1.38. The molecule has 0 unspecified atom stereocenters. The lowest BCUT2D eigenvalue weighted by atomic mass is 10.2. The smallest absolute Gasteiger partial charge is 0.224 e. The van der Waals surface area contributed by atoms with Crippen LogP contribution in [0.4, 0.5) is 5.69 Å². The van der Waals surface area contributed by atoms with Crippen molar-refractivity contribution in [1.29, 1.82) is 0 Å². The van der Waals surface area contributed by atoms with Crippen molar-refractivity contribution >= 4 is 41.5 Å². The summed E-state index contributed by atoms with van der Waals surface area (Å²) in [7, 11) is 1.74. The number of aryl methyl sites for hydroxylation is 1. The van der Waals surface area contributed by atoms with Crippen LogP contribution in [0.25, 0.3) is 0 Å². The minimum absolute atomic E-state index is 0. The number of hydrogen-bond donors (Lipinski definition) is 3. The van der Waals surface area contributed by atoms with Crippen molar-refractivity contribution < 1.29 is 9.53 Å². The number of hydrogen-bond acceptors (Lipinski definition) is 3. The van der Waals surface area contributed by atoms with Crippen molar-refractivity contribution in [2.45, 2.75) is 33.2 Å². The fraction of sp³-hybridized carbons (Fsp3) is 0.364. The quantitative estimate of drug-likeness (QED) is 0.206. The van der Waals surface area contributed by atoms with Crippen LogP contribution in [0.1, 0.15) is 30.9 Å². The fourth-order valence-electron chi connectivity index (χ4n) is 2.54. The first-order valence-corrected chi connectivity index (χ1v) is 9.63. The molecule has 3 N–H and O–H groups in total. The van der Waals surface area contributed by atoms with Gasteiger partial charge in [-0.1, -0.05) is 36.8 Å². The summed E-state index contributed by atoms with van der Waals surface area (Å²) in [6, 6.07) is 15.8. The first-order valence-electron chi connectivity index (χ1n) is 9.63. The van der Waals surface area contributed by atoms with Crippen LogP contribution in [0.2, 0.25) is 0 Å². The Labute approximate surface area is 190 Å². The minimum atomic E-state index is 0. The van der Waals surface area contributed by atoms with Gasteiger partial charge in [-0.3, -0.25) is 9.79 Å². The maximum atomic E-state index is 11.6. The molecule has 0 aliphatic heterocycles. The zero-order chi connectivity index (χ0) is 20.2. The minimum Gasteiger partial charge on any atom is -0.492 e. The number of rotatable bonds is 9. The number of nitrogens with zero attached hydrogens (tertiary/aromatic N) is 1. The topological polar surface area (TPSA) is 74.8 Å². The normalized spacial score (nSPS) is 10.7. The molecule has 0 saturated heterocycles. The van der Waals surface area contributed by atoms with Crippen LogP contribution in [-0.4, -0.2) is 32.1 Å². The number of carbonyl (C=O) groups excluding carboxylic acids is 1. The molecule has 158 valence electrons. The third-order valence-corrected chi connectivity index (χ3v) is 4.08. The molecule has 6 nitrogen and oxygen atoms in total. The van der Waals surface area contributed by atoms with E-state index >= 15 is 0 Å². The SMILES string of the molecule is CCCC(=O)Nc1ccc(CNC(=NC)NCCOc2ccc(C)cc2)cc1.I. The number of carbonyl (C=O) groups is 1. The maximum Gasteiger partial charge on any atom is 0.224 e. The van der Waals surface area contributed by atoms with Crippen molar-refractivity contribution in [2.24, 2.45) is 4.99 Å². The van der Waals surface area contributed by atoms with Gasteiger partial charge in [0.05, 0.1) is 6.54 Å². The molecule has 0 aliphatic carbocycles. The van der Waals surface area contributed by atoms with Gasteiger partial charge in [0.1, 0.15) is 12.4 Å². The predicted octanol–water partition coefficient (Wildman–Crippen LogP) is 4.10. The Hall–Kier alpha value is -2.29. The lowest BCUT2D eigenvalue weighted by molar-refractivity contribution is -0.116. The number of anilines is 1. The van der Waals surface area contributed by atoms with Gasteiger partial charge < -0.3 is 20.7 Å². The Bertz CT molecular complexity index is 761. The molecule has 2 aromatic rings. The molecule has 7 heteroatoms. The third kappa shape index (κ3) is 9.65. The van der Waals surface area contributed by atoms with Crippen LogP contribution in [0.5, 0.6) is 5.75 Å². The molecule has 29 heavy (non-hydrogen) atoms. The summed E-state index contributed by atoms with van der Waals surface area (Å²) in [4.78, 5) is 15.8. The lowest BCUT2D eigenvalue weighted by Crippen LogP contribution is -2.38. The molecule has 0 fully saturated rings. The van der Waals surface area contributed by atoms with E-state index in [4.69, 9.17) is 4.74 Å². The number of aliphatic imine (C=N–C) groups is 1. The highest BCUT2D eigenvalue weighted by atomic mass is 127. The van der Waals surface area contributed by atoms with E-state index in [2.05, 4.69) is 27.9 Å². The summed E-state index contributed by atoms with van der Waals surface area (Å²) >= 11 is 0. The average Bonchev–Trinajstić information content (AvgIpc) is 2.70. The molecule has 0 atom stereocenters. The lowest BCUT2D eigenvalue weighted by Gasteiger charge is -2.13. The zero-order valence-corrected chi connectivity index (χ0v) is 19.7. The van der Waals surface area contributed by atoms with Gasteiger partial charge in [0.25, 0.3) is 0 Å². The Morgan fingerprint density at radius 1 is 1.03 bits per heavy atom. The highest BCUT2D eigenvalue weighted by Crippen LogP contribution is 2.11. The molecule has 0 aliphatic rings. The second-order valence-electron chi connectivity index (χ2n) is 6.51. The number of amides is 1. The molecule has 0 spiro atoms. The van der Waals surface area contributed by atoms with Crippen LogP contribution >= 0.6 is 24.0 Å². The first kappa shape index (κ1) is 24.7. The maximum absolute atomic E-state index is 11.6. The largest absolute Gasteiger partial charge is 0.492 e. The molecule has 0 radical (unpaired) electrons. The molecule has 1 amide bonds. The monoisotopic (exact) mass is 510 g/mol. The Morgan fingerprint density at radius 2 is 1.72 bits per heavy atom. The standard InChI is InChI=1S/C22H30N4O2.HI/c1-4-5-21(27)26-19-10-8-18(9-11-19)16-25-22(23-3)24-14-15-28-20-12-6-17(2)7-13-20;/h6-13H,4-5,14-16H2,1-3H3,(H,26,27)(H2,23,24,25);1H. The van der Waals surface area contributed by atoms with E-state index in [9.17, 15) is 4.79 Å². The van der Waals surface area contributed by atoms with Crippen LogP contribution in [-0.2, 0) is 11.3 Å². The summed E-state index contributed by atoms with van der Waals surface area (Å²) in [6.45, 7) is 5.88.